The molecule has 1 heterocycles. The smallest absolute Gasteiger partial charge is 0.131 e. The van der Waals surface area contributed by atoms with Crippen LogP contribution in [0.1, 0.15) is 25.0 Å². The summed E-state index contributed by atoms with van der Waals surface area (Å²) in [7, 11) is 1.98. The van der Waals surface area contributed by atoms with Gasteiger partial charge >= 0.3 is 0 Å². The second kappa shape index (κ2) is 11.0. The van der Waals surface area contributed by atoms with Crippen molar-refractivity contribution in [3.8, 4) is 11.5 Å². The molecule has 0 atom stereocenters. The quantitative estimate of drug-likeness (QED) is 0.612. The van der Waals surface area contributed by atoms with Crippen molar-refractivity contribution < 1.29 is 4.74 Å². The van der Waals surface area contributed by atoms with Crippen molar-refractivity contribution in [2.75, 3.05) is 46.0 Å². The largest absolute Gasteiger partial charge is 0.457 e. The molecule has 1 N–H and O–H groups in total. The highest BCUT2D eigenvalue weighted by Gasteiger charge is 2.18. The van der Waals surface area contributed by atoms with Crippen LogP contribution in [0.4, 0.5) is 0 Å². The summed E-state index contributed by atoms with van der Waals surface area (Å²) in [5.74, 6) is 1.82. The van der Waals surface area contributed by atoms with Gasteiger partial charge in [-0.05, 0) is 69.5 Å². The van der Waals surface area contributed by atoms with Crippen LogP contribution in [-0.4, -0.2) is 61.9 Å². The Morgan fingerprint density at radius 1 is 1.03 bits per heavy atom. The number of rotatable bonds is 9. The van der Waals surface area contributed by atoms with Gasteiger partial charge in [0.1, 0.15) is 11.5 Å². The summed E-state index contributed by atoms with van der Waals surface area (Å²) < 4.78 is 6.18. The predicted octanol–water partition coefficient (Wildman–Crippen LogP) is 4.49. The fraction of sp³-hybridized carbons (Fsp3) is 0.500. The first kappa shape index (κ1) is 22.2. The molecular formula is C24H35N3OS. The van der Waals surface area contributed by atoms with Crippen LogP contribution in [0.3, 0.4) is 0 Å². The Bertz CT molecular complexity index is 755. The minimum Gasteiger partial charge on any atom is -0.457 e. The summed E-state index contributed by atoms with van der Waals surface area (Å²) in [5, 5.41) is 3.28. The number of hydrogen-bond donors (Lipinski definition) is 1. The van der Waals surface area contributed by atoms with Gasteiger partial charge in [-0.15, -0.1) is 11.8 Å². The molecule has 0 amide bonds. The molecular weight excluding hydrogens is 378 g/mol. The van der Waals surface area contributed by atoms with Crippen molar-refractivity contribution in [3.05, 3.63) is 53.6 Å². The van der Waals surface area contributed by atoms with Crippen LogP contribution >= 0.6 is 11.8 Å². The van der Waals surface area contributed by atoms with Gasteiger partial charge in [0, 0.05) is 55.8 Å². The highest BCUT2D eigenvalue weighted by Crippen LogP contribution is 2.28. The average molecular weight is 414 g/mol. The normalized spacial score (nSPS) is 15.8. The molecule has 4 nitrogen and oxygen atoms in total. The van der Waals surface area contributed by atoms with Crippen LogP contribution in [0.15, 0.2) is 47.4 Å². The van der Waals surface area contributed by atoms with E-state index in [0.29, 0.717) is 6.04 Å². The van der Waals surface area contributed by atoms with Crippen LogP contribution in [0.2, 0.25) is 0 Å². The lowest BCUT2D eigenvalue weighted by atomic mass is 10.1. The van der Waals surface area contributed by atoms with Gasteiger partial charge in [0.2, 0.25) is 0 Å². The van der Waals surface area contributed by atoms with E-state index in [0.717, 1.165) is 31.0 Å². The maximum absolute atomic E-state index is 6.18. The number of piperazine rings is 1. The molecule has 0 radical (unpaired) electrons. The number of ether oxygens (including phenoxy) is 1. The molecule has 2 aromatic rings. The molecule has 1 saturated heterocycles. The molecule has 0 aliphatic carbocycles. The van der Waals surface area contributed by atoms with Crippen molar-refractivity contribution in [2.24, 2.45) is 0 Å². The Hall–Kier alpha value is -1.53. The predicted molar refractivity (Wildman–Crippen MR) is 124 cm³/mol. The highest BCUT2D eigenvalue weighted by molar-refractivity contribution is 7.98. The van der Waals surface area contributed by atoms with Crippen molar-refractivity contribution in [1.82, 2.24) is 15.1 Å². The van der Waals surface area contributed by atoms with Crippen molar-refractivity contribution in [2.45, 2.75) is 37.8 Å². The lowest BCUT2D eigenvalue weighted by Gasteiger charge is -2.36. The minimum atomic E-state index is 0.658. The van der Waals surface area contributed by atoms with E-state index in [2.05, 4.69) is 65.6 Å². The number of hydrogen-bond acceptors (Lipinski definition) is 5. The van der Waals surface area contributed by atoms with E-state index >= 15 is 0 Å². The lowest BCUT2D eigenvalue weighted by Crippen LogP contribution is -2.49. The molecule has 0 bridgehead atoms. The first-order valence-electron chi connectivity index (χ1n) is 10.6. The zero-order valence-electron chi connectivity index (χ0n) is 18.3. The average Bonchev–Trinajstić information content (AvgIpc) is 2.75. The van der Waals surface area contributed by atoms with Crippen LogP contribution in [0, 0.1) is 0 Å². The van der Waals surface area contributed by atoms with Gasteiger partial charge in [-0.2, -0.15) is 0 Å². The number of nitrogens with zero attached hydrogens (tertiary/aromatic N) is 2. The van der Waals surface area contributed by atoms with Crippen LogP contribution in [0.5, 0.6) is 11.5 Å². The molecule has 1 fully saturated rings. The molecule has 1 aliphatic heterocycles. The Balaban J connectivity index is 1.60. The first-order chi connectivity index (χ1) is 14.1. The summed E-state index contributed by atoms with van der Waals surface area (Å²) >= 11 is 1.74. The Morgan fingerprint density at radius 2 is 1.76 bits per heavy atom. The zero-order chi connectivity index (χ0) is 20.6. The molecule has 0 spiro atoms. The van der Waals surface area contributed by atoms with E-state index in [4.69, 9.17) is 4.74 Å². The maximum Gasteiger partial charge on any atom is 0.131 e. The monoisotopic (exact) mass is 413 g/mol. The molecule has 2 aromatic carbocycles. The third kappa shape index (κ3) is 6.48. The van der Waals surface area contributed by atoms with Crippen molar-refractivity contribution >= 4 is 11.8 Å². The van der Waals surface area contributed by atoms with E-state index in [1.165, 1.54) is 42.2 Å². The minimum absolute atomic E-state index is 0.658. The first-order valence-corrected chi connectivity index (χ1v) is 11.9. The van der Waals surface area contributed by atoms with Crippen molar-refractivity contribution in [3.63, 3.8) is 0 Å². The van der Waals surface area contributed by atoms with E-state index in [1.807, 2.05) is 19.2 Å². The van der Waals surface area contributed by atoms with Crippen LogP contribution in [0.25, 0.3) is 0 Å². The Morgan fingerprint density at radius 3 is 2.38 bits per heavy atom. The van der Waals surface area contributed by atoms with E-state index < -0.39 is 0 Å². The highest BCUT2D eigenvalue weighted by atomic mass is 32.2. The van der Waals surface area contributed by atoms with Gasteiger partial charge in [-0.25, -0.2) is 0 Å². The van der Waals surface area contributed by atoms with Gasteiger partial charge in [-0.1, -0.05) is 12.1 Å². The molecule has 158 valence electrons. The third-order valence-corrected chi connectivity index (χ3v) is 6.38. The van der Waals surface area contributed by atoms with E-state index in [-0.39, 0.29) is 0 Å². The van der Waals surface area contributed by atoms with Crippen LogP contribution < -0.4 is 10.1 Å². The SMILES string of the molecule is CNCc1cc(CCN2CCN(C(C)C)CC2)ccc1Oc1ccc(SC)cc1. The fourth-order valence-corrected chi connectivity index (χ4v) is 4.19. The fourth-order valence-electron chi connectivity index (χ4n) is 3.78. The maximum atomic E-state index is 6.18. The van der Waals surface area contributed by atoms with E-state index in [9.17, 15) is 0 Å². The van der Waals surface area contributed by atoms with Gasteiger partial charge in [-0.3, -0.25) is 4.90 Å². The summed E-state index contributed by atoms with van der Waals surface area (Å²) in [6, 6.07) is 15.6. The van der Waals surface area contributed by atoms with Gasteiger partial charge < -0.3 is 15.0 Å². The molecule has 1 aliphatic rings. The van der Waals surface area contributed by atoms with Gasteiger partial charge in [0.15, 0.2) is 0 Å². The zero-order valence-corrected chi connectivity index (χ0v) is 19.1. The topological polar surface area (TPSA) is 27.7 Å². The number of nitrogens with one attached hydrogen (secondary N) is 1. The standard InChI is InChI=1S/C24H35N3OS/c1-19(2)27-15-13-26(14-16-27)12-11-20-5-10-24(21(17-20)18-25-3)28-22-6-8-23(29-4)9-7-22/h5-10,17,19,25H,11-16,18H2,1-4H3. The second-order valence-electron chi connectivity index (χ2n) is 7.97. The number of thioether (sulfide) groups is 1. The second-order valence-corrected chi connectivity index (χ2v) is 8.85. The Labute approximate surface area is 180 Å². The molecule has 29 heavy (non-hydrogen) atoms. The molecule has 3 rings (SSSR count). The summed E-state index contributed by atoms with van der Waals surface area (Å²) in [5.41, 5.74) is 2.59. The summed E-state index contributed by atoms with van der Waals surface area (Å²) in [4.78, 5) is 6.41. The molecule has 0 saturated carbocycles. The van der Waals surface area contributed by atoms with Gasteiger partial charge in [0.05, 0.1) is 0 Å². The Kier molecular flexibility index (Phi) is 8.42. The number of benzene rings is 2. The summed E-state index contributed by atoms with van der Waals surface area (Å²) in [6.07, 6.45) is 3.17. The molecule has 0 aromatic heterocycles. The lowest BCUT2D eigenvalue weighted by molar-refractivity contribution is 0.109. The van der Waals surface area contributed by atoms with Crippen LogP contribution in [-0.2, 0) is 13.0 Å². The molecule has 5 heteroatoms. The van der Waals surface area contributed by atoms with Crippen molar-refractivity contribution in [1.29, 1.82) is 0 Å². The molecule has 0 unspecified atom stereocenters. The van der Waals surface area contributed by atoms with Gasteiger partial charge in [0.25, 0.3) is 0 Å². The summed E-state index contributed by atoms with van der Waals surface area (Å²) in [6.45, 7) is 11.2. The van der Waals surface area contributed by atoms with E-state index in [1.54, 1.807) is 11.8 Å². The third-order valence-electron chi connectivity index (χ3n) is 5.63.